The van der Waals surface area contributed by atoms with Crippen LogP contribution in [0, 0.1) is 10.1 Å². The fourth-order valence-electron chi connectivity index (χ4n) is 2.85. The minimum atomic E-state index is -1.08. The molecule has 26 heavy (non-hydrogen) atoms. The maximum Gasteiger partial charge on any atom is 0.323 e. The molecule has 0 saturated carbocycles. The van der Waals surface area contributed by atoms with Gasteiger partial charge in [0.25, 0.3) is 5.69 Å². The Morgan fingerprint density at radius 1 is 1.08 bits per heavy atom. The van der Waals surface area contributed by atoms with Crippen LogP contribution < -0.4 is 0 Å². The average molecular weight is 353 g/mol. The summed E-state index contributed by atoms with van der Waals surface area (Å²) in [5.41, 5.74) is 1.37. The molecular formula is C16H11N5O5. The highest BCUT2D eigenvalue weighted by Crippen LogP contribution is 2.28. The number of benzene rings is 2. The van der Waals surface area contributed by atoms with E-state index in [9.17, 15) is 25.2 Å². The van der Waals surface area contributed by atoms with Crippen LogP contribution in [0.1, 0.15) is 0 Å². The number of hydrogen-bond acceptors (Lipinski definition) is 6. The highest BCUT2D eigenvalue weighted by atomic mass is 16.6. The van der Waals surface area contributed by atoms with E-state index in [0.29, 0.717) is 21.3 Å². The lowest BCUT2D eigenvalue weighted by Crippen LogP contribution is -2.11. The predicted molar refractivity (Wildman–Crippen MR) is 89.9 cm³/mol. The van der Waals surface area contributed by atoms with E-state index in [1.807, 2.05) is 0 Å². The third-order valence-electron chi connectivity index (χ3n) is 3.97. The Morgan fingerprint density at radius 2 is 1.77 bits per heavy atom. The van der Waals surface area contributed by atoms with Crippen LogP contribution in [0.15, 0.2) is 42.5 Å². The Morgan fingerprint density at radius 3 is 2.50 bits per heavy atom. The summed E-state index contributed by atoms with van der Waals surface area (Å²) in [5, 5.41) is 30.6. The first-order valence-electron chi connectivity index (χ1n) is 7.49. The Balaban J connectivity index is 1.99. The number of aliphatic carboxylic acids is 1. The molecule has 0 aliphatic heterocycles. The van der Waals surface area contributed by atoms with E-state index in [4.69, 9.17) is 0 Å². The van der Waals surface area contributed by atoms with Crippen molar-refractivity contribution in [3.8, 4) is 11.6 Å². The molecule has 0 spiro atoms. The molecule has 0 unspecified atom stereocenters. The van der Waals surface area contributed by atoms with Crippen molar-refractivity contribution in [2.45, 2.75) is 6.54 Å². The number of para-hydroxylation sites is 2. The van der Waals surface area contributed by atoms with Crippen LogP contribution in [-0.4, -0.2) is 40.5 Å². The molecule has 2 heterocycles. The van der Waals surface area contributed by atoms with Crippen molar-refractivity contribution in [2.75, 3.05) is 0 Å². The van der Waals surface area contributed by atoms with Gasteiger partial charge in [0.2, 0.25) is 5.82 Å². The second-order valence-electron chi connectivity index (χ2n) is 5.58. The molecule has 0 aliphatic carbocycles. The third kappa shape index (κ3) is 2.32. The van der Waals surface area contributed by atoms with Gasteiger partial charge in [-0.1, -0.05) is 12.1 Å². The van der Waals surface area contributed by atoms with Crippen molar-refractivity contribution >= 4 is 33.7 Å². The maximum atomic E-state index is 11.3. The van der Waals surface area contributed by atoms with Gasteiger partial charge < -0.3 is 14.9 Å². The Labute approximate surface area is 144 Å². The van der Waals surface area contributed by atoms with Crippen molar-refractivity contribution in [2.24, 2.45) is 0 Å². The average Bonchev–Trinajstić information content (AvgIpc) is 3.12. The quantitative estimate of drug-likeness (QED) is 0.326. The van der Waals surface area contributed by atoms with Crippen LogP contribution in [0.2, 0.25) is 0 Å². The van der Waals surface area contributed by atoms with Gasteiger partial charge in [0.05, 0.1) is 21.5 Å². The van der Waals surface area contributed by atoms with Gasteiger partial charge in [-0.2, -0.15) is 4.73 Å². The number of nitro benzene ring substituents is 1. The second-order valence-corrected chi connectivity index (χ2v) is 5.58. The van der Waals surface area contributed by atoms with Gasteiger partial charge in [-0.3, -0.25) is 14.9 Å². The Hall–Kier alpha value is -3.95. The topological polar surface area (TPSA) is 136 Å². The molecular weight excluding hydrogens is 342 g/mol. The second kappa shape index (κ2) is 5.55. The molecule has 10 nitrogen and oxygen atoms in total. The van der Waals surface area contributed by atoms with Crippen molar-refractivity contribution in [3.05, 3.63) is 52.6 Å². The summed E-state index contributed by atoms with van der Waals surface area (Å²) >= 11 is 0. The number of rotatable bonds is 4. The molecule has 0 amide bonds. The first-order chi connectivity index (χ1) is 12.5. The summed E-state index contributed by atoms with van der Waals surface area (Å²) < 4.78 is 2.10. The molecule has 4 aromatic rings. The fraction of sp³-hybridized carbons (Fsp3) is 0.0625. The highest BCUT2D eigenvalue weighted by molar-refractivity contribution is 5.85. The molecule has 10 heteroatoms. The molecule has 130 valence electrons. The fourth-order valence-corrected chi connectivity index (χ4v) is 2.85. The molecule has 2 aromatic heterocycles. The number of carbonyl (C=O) groups is 1. The number of nitro groups is 1. The zero-order chi connectivity index (χ0) is 18.4. The summed E-state index contributed by atoms with van der Waals surface area (Å²) in [6, 6.07) is 10.8. The first kappa shape index (κ1) is 15.6. The highest BCUT2D eigenvalue weighted by Gasteiger charge is 2.22. The monoisotopic (exact) mass is 353 g/mol. The molecule has 0 fully saturated rings. The van der Waals surface area contributed by atoms with E-state index in [2.05, 4.69) is 9.97 Å². The largest absolute Gasteiger partial charge is 0.480 e. The van der Waals surface area contributed by atoms with Gasteiger partial charge >= 0.3 is 5.97 Å². The van der Waals surface area contributed by atoms with Crippen LogP contribution in [0.3, 0.4) is 0 Å². The lowest BCUT2D eigenvalue weighted by atomic mass is 10.3. The Kier molecular flexibility index (Phi) is 3.32. The summed E-state index contributed by atoms with van der Waals surface area (Å²) in [4.78, 5) is 30.3. The number of nitrogens with zero attached hydrogens (tertiary/aromatic N) is 5. The summed E-state index contributed by atoms with van der Waals surface area (Å²) in [6.45, 7) is -0.376. The van der Waals surface area contributed by atoms with Crippen LogP contribution >= 0.6 is 0 Å². The van der Waals surface area contributed by atoms with Crippen LogP contribution in [0.5, 0.6) is 0 Å². The lowest BCUT2D eigenvalue weighted by molar-refractivity contribution is -0.384. The van der Waals surface area contributed by atoms with Crippen LogP contribution in [-0.2, 0) is 11.3 Å². The molecule has 0 bridgehead atoms. The van der Waals surface area contributed by atoms with E-state index < -0.39 is 10.9 Å². The van der Waals surface area contributed by atoms with Gasteiger partial charge in [-0.25, -0.2) is 9.97 Å². The summed E-state index contributed by atoms with van der Waals surface area (Å²) in [5.74, 6) is -0.932. The minimum Gasteiger partial charge on any atom is -0.480 e. The van der Waals surface area contributed by atoms with Crippen molar-refractivity contribution in [1.29, 1.82) is 0 Å². The SMILES string of the molecule is O=C(O)Cn1c(-c2nc3ccc([N+](=O)[O-])cc3n2O)nc2ccccc21. The maximum absolute atomic E-state index is 11.3. The van der Waals surface area contributed by atoms with Gasteiger partial charge in [0.15, 0.2) is 5.82 Å². The minimum absolute atomic E-state index is 0.00190. The van der Waals surface area contributed by atoms with Crippen molar-refractivity contribution in [3.63, 3.8) is 0 Å². The van der Waals surface area contributed by atoms with E-state index in [1.165, 1.54) is 22.8 Å². The molecule has 4 rings (SSSR count). The standard InChI is InChI=1S/C16H11N5O5/c22-14(23)8-19-12-4-2-1-3-10(12)17-15(19)16-18-11-6-5-9(21(25)26)7-13(11)20(16)24/h1-7,24H,8H2,(H,22,23). The zero-order valence-electron chi connectivity index (χ0n) is 13.1. The molecule has 0 atom stereocenters. The normalized spacial score (nSPS) is 11.2. The smallest absolute Gasteiger partial charge is 0.323 e. The lowest BCUT2D eigenvalue weighted by Gasteiger charge is -2.05. The van der Waals surface area contributed by atoms with Gasteiger partial charge in [-0.15, -0.1) is 0 Å². The van der Waals surface area contributed by atoms with Gasteiger partial charge in [0.1, 0.15) is 12.1 Å². The summed E-state index contributed by atoms with van der Waals surface area (Å²) in [7, 11) is 0. The van der Waals surface area contributed by atoms with Gasteiger partial charge in [-0.05, 0) is 18.2 Å². The van der Waals surface area contributed by atoms with Gasteiger partial charge in [0, 0.05) is 12.1 Å². The van der Waals surface area contributed by atoms with Crippen molar-refractivity contribution in [1.82, 2.24) is 19.3 Å². The van der Waals surface area contributed by atoms with E-state index >= 15 is 0 Å². The number of carboxylic acids is 1. The third-order valence-corrected chi connectivity index (χ3v) is 3.97. The van der Waals surface area contributed by atoms with E-state index in [0.717, 1.165) is 0 Å². The van der Waals surface area contributed by atoms with Crippen LogP contribution in [0.4, 0.5) is 5.69 Å². The number of hydrogen-bond donors (Lipinski definition) is 2. The van der Waals surface area contributed by atoms with E-state index in [-0.39, 0.29) is 29.4 Å². The van der Waals surface area contributed by atoms with Crippen LogP contribution in [0.25, 0.3) is 33.7 Å². The molecule has 2 N–H and O–H groups in total. The number of carboxylic acid groups (broad SMARTS) is 1. The number of imidazole rings is 2. The first-order valence-corrected chi connectivity index (χ1v) is 7.49. The number of fused-ring (bicyclic) bond motifs is 2. The number of non-ortho nitro benzene ring substituents is 1. The van der Waals surface area contributed by atoms with E-state index in [1.54, 1.807) is 24.3 Å². The van der Waals surface area contributed by atoms with Crippen molar-refractivity contribution < 1.29 is 20.0 Å². The summed E-state index contributed by atoms with van der Waals surface area (Å²) in [6.07, 6.45) is 0. The molecule has 0 saturated heterocycles. The zero-order valence-corrected chi connectivity index (χ0v) is 13.1. The molecule has 0 radical (unpaired) electrons. The Bertz CT molecular complexity index is 1190. The molecule has 2 aromatic carbocycles. The molecule has 0 aliphatic rings. The predicted octanol–water partition coefficient (Wildman–Crippen LogP) is 2.28. The number of aromatic nitrogens is 4.